The van der Waals surface area contributed by atoms with Crippen LogP contribution in [0.4, 0.5) is 8.78 Å². The predicted molar refractivity (Wildman–Crippen MR) is 83.3 cm³/mol. The quantitative estimate of drug-likeness (QED) is 0.802. The van der Waals surface area contributed by atoms with Crippen LogP contribution in [0, 0.1) is 23.5 Å². The zero-order valence-electron chi connectivity index (χ0n) is 13.2. The van der Waals surface area contributed by atoms with Crippen molar-refractivity contribution in [1.29, 1.82) is 0 Å². The molecule has 0 bridgehead atoms. The molecule has 0 aromatic heterocycles. The van der Waals surface area contributed by atoms with E-state index < -0.39 is 11.6 Å². The van der Waals surface area contributed by atoms with Crippen LogP contribution in [0.3, 0.4) is 0 Å². The summed E-state index contributed by atoms with van der Waals surface area (Å²) in [4.78, 5) is 0. The Morgan fingerprint density at radius 3 is 2.48 bits per heavy atom. The summed E-state index contributed by atoms with van der Waals surface area (Å²) in [5.41, 5.74) is 0.617. The van der Waals surface area contributed by atoms with Crippen molar-refractivity contribution in [2.45, 2.75) is 57.9 Å². The molecule has 1 N–H and O–H groups in total. The van der Waals surface area contributed by atoms with Gasteiger partial charge in [0.1, 0.15) is 11.6 Å². The van der Waals surface area contributed by atoms with Gasteiger partial charge in [-0.25, -0.2) is 8.78 Å². The number of benzene rings is 1. The van der Waals surface area contributed by atoms with E-state index in [4.69, 9.17) is 0 Å². The van der Waals surface area contributed by atoms with Gasteiger partial charge in [-0.3, -0.25) is 0 Å². The number of rotatable bonds is 6. The molecular formula is C18H27F2N. The van der Waals surface area contributed by atoms with Crippen molar-refractivity contribution in [2.75, 3.05) is 7.05 Å². The predicted octanol–water partition coefficient (Wildman–Crippen LogP) is 4.70. The first-order valence-electron chi connectivity index (χ1n) is 8.25. The molecule has 1 aromatic rings. The lowest BCUT2D eigenvalue weighted by Crippen LogP contribution is -2.37. The Balaban J connectivity index is 1.94. The molecule has 0 heterocycles. The molecule has 0 spiro atoms. The monoisotopic (exact) mass is 295 g/mol. The molecule has 1 atom stereocenters. The van der Waals surface area contributed by atoms with Gasteiger partial charge in [0.2, 0.25) is 0 Å². The molecule has 1 aromatic carbocycles. The van der Waals surface area contributed by atoms with Crippen molar-refractivity contribution in [3.8, 4) is 0 Å². The van der Waals surface area contributed by atoms with Crippen LogP contribution in [0.5, 0.6) is 0 Å². The van der Waals surface area contributed by atoms with Crippen molar-refractivity contribution < 1.29 is 8.78 Å². The van der Waals surface area contributed by atoms with Gasteiger partial charge in [0.05, 0.1) is 0 Å². The second kappa shape index (κ2) is 7.88. The number of nitrogens with one attached hydrogen (secondary N) is 1. The molecular weight excluding hydrogens is 268 g/mol. The fraction of sp³-hybridized carbons (Fsp3) is 0.667. The summed E-state index contributed by atoms with van der Waals surface area (Å²) in [6, 6.07) is 4.20. The highest BCUT2D eigenvalue weighted by atomic mass is 19.1. The Bertz CT molecular complexity index is 439. The SMILES string of the molecule is CCCC1CCC(C(Cc2ccc(F)cc2F)NC)CC1. The zero-order valence-corrected chi connectivity index (χ0v) is 13.2. The minimum absolute atomic E-state index is 0.285. The van der Waals surface area contributed by atoms with E-state index in [0.717, 1.165) is 12.0 Å². The fourth-order valence-electron chi connectivity index (χ4n) is 3.72. The van der Waals surface area contributed by atoms with Gasteiger partial charge in [0, 0.05) is 12.1 Å². The van der Waals surface area contributed by atoms with Crippen molar-refractivity contribution in [2.24, 2.45) is 11.8 Å². The minimum Gasteiger partial charge on any atom is -0.316 e. The van der Waals surface area contributed by atoms with E-state index in [1.54, 1.807) is 6.07 Å². The van der Waals surface area contributed by atoms with E-state index in [1.807, 2.05) is 7.05 Å². The summed E-state index contributed by atoms with van der Waals surface area (Å²) < 4.78 is 26.8. The molecule has 0 aliphatic heterocycles. The van der Waals surface area contributed by atoms with Crippen LogP contribution in [-0.4, -0.2) is 13.1 Å². The zero-order chi connectivity index (χ0) is 15.2. The molecule has 21 heavy (non-hydrogen) atoms. The minimum atomic E-state index is -0.502. The van der Waals surface area contributed by atoms with Crippen molar-refractivity contribution in [1.82, 2.24) is 5.32 Å². The van der Waals surface area contributed by atoms with Crippen LogP contribution >= 0.6 is 0 Å². The van der Waals surface area contributed by atoms with Crippen molar-refractivity contribution in [3.05, 3.63) is 35.4 Å². The first kappa shape index (κ1) is 16.4. The summed E-state index contributed by atoms with van der Waals surface area (Å²) in [5, 5.41) is 3.35. The van der Waals surface area contributed by atoms with Crippen LogP contribution in [0.15, 0.2) is 18.2 Å². The maximum atomic E-state index is 13.8. The summed E-state index contributed by atoms with van der Waals surface area (Å²) >= 11 is 0. The fourth-order valence-corrected chi connectivity index (χ4v) is 3.72. The highest BCUT2D eigenvalue weighted by Gasteiger charge is 2.27. The van der Waals surface area contributed by atoms with E-state index >= 15 is 0 Å². The lowest BCUT2D eigenvalue weighted by molar-refractivity contribution is 0.217. The van der Waals surface area contributed by atoms with Crippen LogP contribution in [-0.2, 0) is 6.42 Å². The molecule has 0 radical (unpaired) electrons. The molecule has 1 aliphatic rings. The summed E-state index contributed by atoms with van der Waals surface area (Å²) in [7, 11) is 1.95. The van der Waals surface area contributed by atoms with Crippen LogP contribution in [0.2, 0.25) is 0 Å². The Labute approximate surface area is 127 Å². The van der Waals surface area contributed by atoms with Crippen LogP contribution < -0.4 is 5.32 Å². The third-order valence-corrected chi connectivity index (χ3v) is 4.98. The largest absolute Gasteiger partial charge is 0.316 e. The third kappa shape index (κ3) is 4.50. The normalized spacial score (nSPS) is 24.0. The molecule has 1 aliphatic carbocycles. The summed E-state index contributed by atoms with van der Waals surface area (Å²) in [6.07, 6.45) is 8.28. The second-order valence-corrected chi connectivity index (χ2v) is 6.40. The van der Waals surface area contributed by atoms with E-state index in [2.05, 4.69) is 12.2 Å². The maximum absolute atomic E-state index is 13.8. The number of halogens is 2. The van der Waals surface area contributed by atoms with Crippen LogP contribution in [0.25, 0.3) is 0 Å². The first-order valence-corrected chi connectivity index (χ1v) is 8.25. The van der Waals surface area contributed by atoms with Crippen molar-refractivity contribution in [3.63, 3.8) is 0 Å². The van der Waals surface area contributed by atoms with Gasteiger partial charge in [-0.15, -0.1) is 0 Å². The van der Waals surface area contributed by atoms with Crippen LogP contribution in [0.1, 0.15) is 51.0 Å². The van der Waals surface area contributed by atoms with Crippen molar-refractivity contribution >= 4 is 0 Å². The summed E-state index contributed by atoms with van der Waals surface area (Å²) in [6.45, 7) is 2.25. The molecule has 2 rings (SSSR count). The third-order valence-electron chi connectivity index (χ3n) is 4.98. The number of hydrogen-bond acceptors (Lipinski definition) is 1. The Kier molecular flexibility index (Phi) is 6.16. The van der Waals surface area contributed by atoms with Gasteiger partial charge in [0.25, 0.3) is 0 Å². The Morgan fingerprint density at radius 1 is 1.19 bits per heavy atom. The van der Waals surface area contributed by atoms with Gasteiger partial charge in [-0.2, -0.15) is 0 Å². The average molecular weight is 295 g/mol. The van der Waals surface area contributed by atoms with Gasteiger partial charge >= 0.3 is 0 Å². The topological polar surface area (TPSA) is 12.0 Å². The molecule has 1 unspecified atom stereocenters. The van der Waals surface area contributed by atoms with E-state index in [0.29, 0.717) is 17.9 Å². The standard InChI is InChI=1S/C18H27F2N/c1-3-4-13-5-7-14(8-6-13)18(21-2)11-15-9-10-16(19)12-17(15)20/h9-10,12-14,18,21H,3-8,11H2,1-2H3. The molecule has 0 amide bonds. The van der Waals surface area contributed by atoms with E-state index in [9.17, 15) is 8.78 Å². The van der Waals surface area contributed by atoms with Gasteiger partial charge in [-0.05, 0) is 49.8 Å². The van der Waals surface area contributed by atoms with Gasteiger partial charge in [-0.1, -0.05) is 38.7 Å². The Morgan fingerprint density at radius 2 is 1.90 bits per heavy atom. The lowest BCUT2D eigenvalue weighted by atomic mass is 9.76. The molecule has 118 valence electrons. The first-order chi connectivity index (χ1) is 10.1. The Hall–Kier alpha value is -0.960. The second-order valence-electron chi connectivity index (χ2n) is 6.40. The average Bonchev–Trinajstić information content (AvgIpc) is 2.48. The van der Waals surface area contributed by atoms with E-state index in [-0.39, 0.29) is 6.04 Å². The highest BCUT2D eigenvalue weighted by Crippen LogP contribution is 2.34. The van der Waals surface area contributed by atoms with E-state index in [1.165, 1.54) is 44.6 Å². The lowest BCUT2D eigenvalue weighted by Gasteiger charge is -2.34. The number of likely N-dealkylation sites (N-methyl/N-ethyl adjacent to an activating group) is 1. The number of hydrogen-bond donors (Lipinski definition) is 1. The molecule has 1 nitrogen and oxygen atoms in total. The molecule has 3 heteroatoms. The molecule has 0 saturated heterocycles. The smallest absolute Gasteiger partial charge is 0.129 e. The van der Waals surface area contributed by atoms with Gasteiger partial charge in [0.15, 0.2) is 0 Å². The molecule has 1 saturated carbocycles. The molecule has 1 fully saturated rings. The summed E-state index contributed by atoms with van der Waals surface area (Å²) in [5.74, 6) is 0.561. The van der Waals surface area contributed by atoms with Gasteiger partial charge < -0.3 is 5.32 Å². The maximum Gasteiger partial charge on any atom is 0.129 e. The highest BCUT2D eigenvalue weighted by molar-refractivity contribution is 5.19.